The monoisotopic (exact) mass is 239 g/mol. The van der Waals surface area contributed by atoms with Crippen molar-refractivity contribution >= 4 is 15.9 Å². The lowest BCUT2D eigenvalue weighted by Gasteiger charge is -2.09. The van der Waals surface area contributed by atoms with Crippen molar-refractivity contribution in [1.29, 1.82) is 0 Å². The number of nitrogens with two attached hydrogens (primary N) is 1. The van der Waals surface area contributed by atoms with Crippen LogP contribution in [-0.4, -0.2) is 5.54 Å². The van der Waals surface area contributed by atoms with Gasteiger partial charge in [0.15, 0.2) is 0 Å². The molecule has 0 aliphatic heterocycles. The van der Waals surface area contributed by atoms with Crippen molar-refractivity contribution in [2.24, 2.45) is 11.7 Å². The topological polar surface area (TPSA) is 26.0 Å². The van der Waals surface area contributed by atoms with Gasteiger partial charge in [0.2, 0.25) is 0 Å². The number of hydrogen-bond acceptors (Lipinski definition) is 1. The van der Waals surface area contributed by atoms with Gasteiger partial charge >= 0.3 is 0 Å². The number of halogens is 1. The van der Waals surface area contributed by atoms with Gasteiger partial charge in [-0.05, 0) is 36.5 Å². The smallest absolute Gasteiger partial charge is 0.0224 e. The van der Waals surface area contributed by atoms with E-state index in [1.165, 1.54) is 12.0 Å². The third kappa shape index (κ3) is 1.94. The number of benzene rings is 1. The third-order valence-corrected chi connectivity index (χ3v) is 3.42. The Morgan fingerprint density at radius 1 is 1.62 bits per heavy atom. The second kappa shape index (κ2) is 3.10. The maximum absolute atomic E-state index is 6.16. The zero-order valence-electron chi connectivity index (χ0n) is 7.76. The van der Waals surface area contributed by atoms with Crippen molar-refractivity contribution in [2.45, 2.75) is 25.3 Å². The Labute approximate surface area is 87.5 Å². The van der Waals surface area contributed by atoms with Crippen LogP contribution >= 0.6 is 15.9 Å². The predicted octanol–water partition coefficient (Wildman–Crippen LogP) is 2.73. The highest BCUT2D eigenvalue weighted by Crippen LogP contribution is 2.42. The van der Waals surface area contributed by atoms with Crippen LogP contribution in [0.1, 0.15) is 18.9 Å². The molecule has 13 heavy (non-hydrogen) atoms. The molecule has 0 bridgehead atoms. The molecule has 1 aromatic carbocycles. The van der Waals surface area contributed by atoms with Crippen molar-refractivity contribution < 1.29 is 0 Å². The highest BCUT2D eigenvalue weighted by atomic mass is 79.9. The van der Waals surface area contributed by atoms with E-state index in [1.54, 1.807) is 0 Å². The van der Waals surface area contributed by atoms with Crippen LogP contribution in [0.15, 0.2) is 28.7 Å². The Hall–Kier alpha value is -0.340. The van der Waals surface area contributed by atoms with E-state index in [2.05, 4.69) is 41.1 Å². The van der Waals surface area contributed by atoms with Gasteiger partial charge in [0.25, 0.3) is 0 Å². The lowest BCUT2D eigenvalue weighted by atomic mass is 10.0. The molecular weight excluding hydrogens is 226 g/mol. The maximum Gasteiger partial charge on any atom is 0.0224 e. The standard InChI is InChI=1S/C11H14BrN/c1-8-6-11(8,13)7-9-3-2-4-10(12)5-9/h2-5,8H,6-7,13H2,1H3. The molecule has 0 aromatic heterocycles. The molecule has 1 aliphatic rings. The number of hydrogen-bond donors (Lipinski definition) is 1. The molecule has 0 spiro atoms. The Kier molecular flexibility index (Phi) is 2.20. The summed E-state index contributed by atoms with van der Waals surface area (Å²) in [5.74, 6) is 0.687. The first-order valence-corrected chi connectivity index (χ1v) is 5.43. The predicted molar refractivity (Wildman–Crippen MR) is 58.5 cm³/mol. The van der Waals surface area contributed by atoms with E-state index < -0.39 is 0 Å². The zero-order chi connectivity index (χ0) is 9.47. The molecule has 2 N–H and O–H groups in total. The van der Waals surface area contributed by atoms with Crippen LogP contribution in [0, 0.1) is 5.92 Å². The van der Waals surface area contributed by atoms with Crippen LogP contribution in [0.5, 0.6) is 0 Å². The molecule has 2 unspecified atom stereocenters. The van der Waals surface area contributed by atoms with Gasteiger partial charge in [0.05, 0.1) is 0 Å². The molecule has 0 amide bonds. The first-order valence-electron chi connectivity index (χ1n) is 4.63. The molecule has 1 aliphatic carbocycles. The van der Waals surface area contributed by atoms with Crippen LogP contribution in [0.3, 0.4) is 0 Å². The minimum atomic E-state index is 0.0841. The molecule has 70 valence electrons. The Morgan fingerprint density at radius 3 is 2.85 bits per heavy atom. The Bertz CT molecular complexity index is 324. The molecule has 0 radical (unpaired) electrons. The Balaban J connectivity index is 2.10. The van der Waals surface area contributed by atoms with Gasteiger partial charge in [0.1, 0.15) is 0 Å². The summed E-state index contributed by atoms with van der Waals surface area (Å²) in [6, 6.07) is 8.41. The molecule has 2 heteroatoms. The molecule has 1 aromatic rings. The summed E-state index contributed by atoms with van der Waals surface area (Å²) in [5.41, 5.74) is 7.58. The summed E-state index contributed by atoms with van der Waals surface area (Å²) in [4.78, 5) is 0. The normalized spacial score (nSPS) is 31.8. The van der Waals surface area contributed by atoms with Gasteiger partial charge in [-0.3, -0.25) is 0 Å². The molecular formula is C11H14BrN. The fourth-order valence-electron chi connectivity index (χ4n) is 1.78. The molecule has 0 heterocycles. The summed E-state index contributed by atoms with van der Waals surface area (Å²) in [6.45, 7) is 2.22. The van der Waals surface area contributed by atoms with Gasteiger partial charge in [-0.15, -0.1) is 0 Å². The summed E-state index contributed by atoms with van der Waals surface area (Å²) in [6.07, 6.45) is 2.17. The van der Waals surface area contributed by atoms with Gasteiger partial charge in [-0.2, -0.15) is 0 Å². The third-order valence-electron chi connectivity index (χ3n) is 2.93. The molecule has 0 saturated heterocycles. The van der Waals surface area contributed by atoms with Crippen LogP contribution in [0.25, 0.3) is 0 Å². The van der Waals surface area contributed by atoms with E-state index in [9.17, 15) is 0 Å². The van der Waals surface area contributed by atoms with Crippen molar-refractivity contribution in [3.05, 3.63) is 34.3 Å². The van der Waals surface area contributed by atoms with Crippen LogP contribution in [0.4, 0.5) is 0 Å². The van der Waals surface area contributed by atoms with Gasteiger partial charge in [-0.1, -0.05) is 35.0 Å². The molecule has 2 rings (SSSR count). The van der Waals surface area contributed by atoms with E-state index >= 15 is 0 Å². The van der Waals surface area contributed by atoms with Crippen LogP contribution < -0.4 is 5.73 Å². The average Bonchev–Trinajstić information content (AvgIpc) is 2.58. The van der Waals surface area contributed by atoms with E-state index in [-0.39, 0.29) is 5.54 Å². The minimum absolute atomic E-state index is 0.0841. The average molecular weight is 240 g/mol. The lowest BCUT2D eigenvalue weighted by Crippen LogP contribution is -2.27. The fraction of sp³-hybridized carbons (Fsp3) is 0.455. The zero-order valence-corrected chi connectivity index (χ0v) is 9.34. The second-order valence-corrected chi connectivity index (χ2v) is 5.06. The Morgan fingerprint density at radius 2 is 2.31 bits per heavy atom. The van der Waals surface area contributed by atoms with Crippen molar-refractivity contribution in [3.8, 4) is 0 Å². The fourth-order valence-corrected chi connectivity index (χ4v) is 2.23. The molecule has 2 atom stereocenters. The van der Waals surface area contributed by atoms with Crippen molar-refractivity contribution in [2.75, 3.05) is 0 Å². The minimum Gasteiger partial charge on any atom is -0.325 e. The SMILES string of the molecule is CC1CC1(N)Cc1cccc(Br)c1. The highest BCUT2D eigenvalue weighted by molar-refractivity contribution is 9.10. The highest BCUT2D eigenvalue weighted by Gasteiger charge is 2.47. The summed E-state index contributed by atoms with van der Waals surface area (Å²) < 4.78 is 1.14. The van der Waals surface area contributed by atoms with E-state index in [0.29, 0.717) is 5.92 Å². The van der Waals surface area contributed by atoms with E-state index in [1.807, 2.05) is 6.07 Å². The van der Waals surface area contributed by atoms with E-state index in [0.717, 1.165) is 10.9 Å². The largest absolute Gasteiger partial charge is 0.325 e. The first-order chi connectivity index (χ1) is 6.10. The summed E-state index contributed by atoms with van der Waals surface area (Å²) in [7, 11) is 0. The lowest BCUT2D eigenvalue weighted by molar-refractivity contribution is 0.615. The molecule has 1 nitrogen and oxygen atoms in total. The molecule has 1 saturated carbocycles. The van der Waals surface area contributed by atoms with Crippen LogP contribution in [0.2, 0.25) is 0 Å². The van der Waals surface area contributed by atoms with Gasteiger partial charge < -0.3 is 5.73 Å². The second-order valence-electron chi connectivity index (χ2n) is 4.15. The summed E-state index contributed by atoms with van der Waals surface area (Å²) >= 11 is 3.46. The van der Waals surface area contributed by atoms with E-state index in [4.69, 9.17) is 5.73 Å². The summed E-state index contributed by atoms with van der Waals surface area (Å²) in [5, 5.41) is 0. The van der Waals surface area contributed by atoms with Crippen molar-refractivity contribution in [1.82, 2.24) is 0 Å². The molecule has 1 fully saturated rings. The number of rotatable bonds is 2. The van der Waals surface area contributed by atoms with Gasteiger partial charge in [-0.25, -0.2) is 0 Å². The first kappa shape index (κ1) is 9.22. The quantitative estimate of drug-likeness (QED) is 0.845. The van der Waals surface area contributed by atoms with Gasteiger partial charge in [0, 0.05) is 10.0 Å². The van der Waals surface area contributed by atoms with Crippen molar-refractivity contribution in [3.63, 3.8) is 0 Å². The maximum atomic E-state index is 6.16. The van der Waals surface area contributed by atoms with Crippen LogP contribution in [-0.2, 0) is 6.42 Å².